The van der Waals surface area contributed by atoms with Crippen molar-refractivity contribution >= 4 is 5.78 Å². The van der Waals surface area contributed by atoms with Gasteiger partial charge < -0.3 is 8.98 Å². The highest BCUT2D eigenvalue weighted by atomic mass is 16.3. The normalized spacial score (nSPS) is 15.7. The summed E-state index contributed by atoms with van der Waals surface area (Å²) in [4.78, 5) is 22.5. The molecule has 0 N–H and O–H groups in total. The molecule has 1 aromatic carbocycles. The van der Waals surface area contributed by atoms with E-state index in [1.807, 2.05) is 17.1 Å². The molecule has 0 aliphatic carbocycles. The van der Waals surface area contributed by atoms with Gasteiger partial charge in [-0.3, -0.25) is 9.69 Å². The van der Waals surface area contributed by atoms with Crippen LogP contribution in [-0.4, -0.2) is 38.3 Å². The lowest BCUT2D eigenvalue weighted by molar-refractivity contribution is 0.0940. The number of aromatic nitrogens is 3. The van der Waals surface area contributed by atoms with Crippen molar-refractivity contribution in [2.24, 2.45) is 5.92 Å². The molecule has 0 atom stereocenters. The Morgan fingerprint density at radius 1 is 1.14 bits per heavy atom. The summed E-state index contributed by atoms with van der Waals surface area (Å²) in [5.41, 5.74) is 2.48. The van der Waals surface area contributed by atoms with E-state index in [-0.39, 0.29) is 11.7 Å². The van der Waals surface area contributed by atoms with Crippen LogP contribution in [0.4, 0.5) is 0 Å². The van der Waals surface area contributed by atoms with Gasteiger partial charge in [-0.1, -0.05) is 12.1 Å². The molecule has 146 valence electrons. The van der Waals surface area contributed by atoms with Gasteiger partial charge in [0.05, 0.1) is 12.5 Å². The summed E-state index contributed by atoms with van der Waals surface area (Å²) in [6.07, 6.45) is 13.5. The van der Waals surface area contributed by atoms with E-state index < -0.39 is 0 Å². The van der Waals surface area contributed by atoms with Crippen molar-refractivity contribution in [1.82, 2.24) is 19.4 Å². The van der Waals surface area contributed by atoms with E-state index in [1.54, 1.807) is 6.20 Å². The predicted molar refractivity (Wildman–Crippen MR) is 106 cm³/mol. The first-order valence-electron chi connectivity index (χ1n) is 10.0. The number of ketones is 1. The van der Waals surface area contributed by atoms with Gasteiger partial charge in [0, 0.05) is 31.0 Å². The van der Waals surface area contributed by atoms with Crippen LogP contribution in [0.15, 0.2) is 59.9 Å². The molecule has 6 nitrogen and oxygen atoms in total. The summed E-state index contributed by atoms with van der Waals surface area (Å²) in [5, 5.41) is 0. The van der Waals surface area contributed by atoms with Crippen molar-refractivity contribution in [3.8, 4) is 5.69 Å². The Labute approximate surface area is 165 Å². The minimum absolute atomic E-state index is 0.0153. The number of hydrogen-bond acceptors (Lipinski definition) is 5. The minimum atomic E-state index is 0.0153. The second-order valence-corrected chi connectivity index (χ2v) is 7.51. The fourth-order valence-electron chi connectivity index (χ4n) is 3.90. The van der Waals surface area contributed by atoms with Gasteiger partial charge in [0.15, 0.2) is 0 Å². The molecule has 0 spiro atoms. The van der Waals surface area contributed by atoms with Crippen LogP contribution in [0, 0.1) is 5.92 Å². The number of carbonyl (C=O) groups excluding carboxylic acids is 1. The number of hydrogen-bond donors (Lipinski definition) is 0. The van der Waals surface area contributed by atoms with E-state index in [2.05, 4.69) is 39.1 Å². The zero-order chi connectivity index (χ0) is 19.2. The molecule has 1 aliphatic rings. The summed E-state index contributed by atoms with van der Waals surface area (Å²) in [5.74, 6) is 0.979. The zero-order valence-electron chi connectivity index (χ0n) is 16.0. The van der Waals surface area contributed by atoms with Crippen LogP contribution in [-0.2, 0) is 6.54 Å². The molecular formula is C22H26N4O2. The van der Waals surface area contributed by atoms with Gasteiger partial charge in [-0.2, -0.15) is 0 Å². The maximum absolute atomic E-state index is 11.9. The zero-order valence-corrected chi connectivity index (χ0v) is 16.0. The first-order chi connectivity index (χ1) is 13.8. The summed E-state index contributed by atoms with van der Waals surface area (Å²) >= 11 is 0. The maximum Gasteiger partial charge on any atom is 0.263 e. The van der Waals surface area contributed by atoms with E-state index in [4.69, 9.17) is 4.42 Å². The summed E-state index contributed by atoms with van der Waals surface area (Å²) < 4.78 is 7.08. The van der Waals surface area contributed by atoms with Crippen LogP contribution < -0.4 is 0 Å². The first-order valence-corrected chi connectivity index (χ1v) is 10.0. The number of benzene rings is 1. The molecule has 1 aliphatic heterocycles. The van der Waals surface area contributed by atoms with E-state index in [9.17, 15) is 4.79 Å². The Hall–Kier alpha value is -2.73. The average molecular weight is 378 g/mol. The molecule has 2 aromatic heterocycles. The van der Waals surface area contributed by atoms with Crippen molar-refractivity contribution in [2.45, 2.75) is 38.6 Å². The quantitative estimate of drug-likeness (QED) is 0.552. The van der Waals surface area contributed by atoms with E-state index in [0.717, 1.165) is 44.1 Å². The van der Waals surface area contributed by atoms with Crippen molar-refractivity contribution < 1.29 is 9.21 Å². The third-order valence-corrected chi connectivity index (χ3v) is 5.54. The first kappa shape index (κ1) is 18.6. The summed E-state index contributed by atoms with van der Waals surface area (Å²) in [6.45, 7) is 3.25. The van der Waals surface area contributed by atoms with Crippen LogP contribution >= 0.6 is 0 Å². The lowest BCUT2D eigenvalue weighted by atomic mass is 9.91. The van der Waals surface area contributed by atoms with Crippen LogP contribution in [0.25, 0.3) is 5.69 Å². The second kappa shape index (κ2) is 8.97. The topological polar surface area (TPSA) is 64.2 Å². The van der Waals surface area contributed by atoms with Crippen molar-refractivity contribution in [2.75, 3.05) is 13.1 Å². The van der Waals surface area contributed by atoms with Gasteiger partial charge in [-0.05, 0) is 62.4 Å². The highest BCUT2D eigenvalue weighted by Gasteiger charge is 2.20. The molecule has 1 fully saturated rings. The monoisotopic (exact) mass is 378 g/mol. The third-order valence-electron chi connectivity index (χ3n) is 5.54. The minimum Gasteiger partial charge on any atom is -0.442 e. The van der Waals surface area contributed by atoms with Gasteiger partial charge in [0.25, 0.3) is 5.89 Å². The molecule has 0 unspecified atom stereocenters. The standard InChI is InChI=1S/C22H26N4O2/c27-21(22-24-11-15-28-22)3-1-2-18-8-12-25(13-9-18)16-19-4-6-20(7-5-19)26-14-10-23-17-26/h4-7,10-11,14-15,17-18H,1-3,8-9,12-13,16H2. The Bertz CT molecular complexity index is 849. The molecule has 28 heavy (non-hydrogen) atoms. The molecule has 0 radical (unpaired) electrons. The fraction of sp³-hybridized carbons (Fsp3) is 0.409. The van der Waals surface area contributed by atoms with Gasteiger partial charge >= 0.3 is 0 Å². The molecule has 0 bridgehead atoms. The number of piperidine rings is 1. The molecule has 4 rings (SSSR count). The lowest BCUT2D eigenvalue weighted by Gasteiger charge is -2.32. The van der Waals surface area contributed by atoms with Crippen LogP contribution in [0.1, 0.15) is 48.4 Å². The fourth-order valence-corrected chi connectivity index (χ4v) is 3.90. The number of rotatable bonds is 8. The van der Waals surface area contributed by atoms with Crippen LogP contribution in [0.5, 0.6) is 0 Å². The van der Waals surface area contributed by atoms with E-state index in [0.29, 0.717) is 6.42 Å². The van der Waals surface area contributed by atoms with E-state index >= 15 is 0 Å². The number of imidazole rings is 1. The Morgan fingerprint density at radius 2 is 1.96 bits per heavy atom. The second-order valence-electron chi connectivity index (χ2n) is 7.51. The Balaban J connectivity index is 1.17. The Kier molecular flexibility index (Phi) is 5.97. The SMILES string of the molecule is O=C(CCCC1CCN(Cc2ccc(-n3ccnc3)cc2)CC1)c1ncco1. The van der Waals surface area contributed by atoms with Gasteiger partial charge in [-0.15, -0.1) is 0 Å². The van der Waals surface area contributed by atoms with Gasteiger partial charge in [0.2, 0.25) is 5.78 Å². The van der Waals surface area contributed by atoms with Crippen LogP contribution in [0.3, 0.4) is 0 Å². The third kappa shape index (κ3) is 4.75. The summed E-state index contributed by atoms with van der Waals surface area (Å²) in [7, 11) is 0. The van der Waals surface area contributed by atoms with Crippen LogP contribution in [0.2, 0.25) is 0 Å². The Morgan fingerprint density at radius 3 is 2.64 bits per heavy atom. The van der Waals surface area contributed by atoms with Crippen molar-refractivity contribution in [3.63, 3.8) is 0 Å². The molecule has 0 amide bonds. The molecular weight excluding hydrogens is 352 g/mol. The van der Waals surface area contributed by atoms with Crippen molar-refractivity contribution in [3.05, 3.63) is 66.9 Å². The highest BCUT2D eigenvalue weighted by Crippen LogP contribution is 2.24. The largest absolute Gasteiger partial charge is 0.442 e. The molecule has 3 heterocycles. The predicted octanol–water partition coefficient (Wildman–Crippen LogP) is 4.13. The number of oxazole rings is 1. The number of nitrogens with zero attached hydrogens (tertiary/aromatic N) is 4. The number of likely N-dealkylation sites (tertiary alicyclic amines) is 1. The smallest absolute Gasteiger partial charge is 0.263 e. The van der Waals surface area contributed by atoms with E-state index in [1.165, 1.54) is 30.9 Å². The molecule has 3 aromatic rings. The number of carbonyl (C=O) groups is 1. The molecule has 6 heteroatoms. The summed E-state index contributed by atoms with van der Waals surface area (Å²) in [6, 6.07) is 8.70. The maximum atomic E-state index is 11.9. The average Bonchev–Trinajstić information content (AvgIpc) is 3.44. The molecule has 1 saturated heterocycles. The molecule has 0 saturated carbocycles. The van der Waals surface area contributed by atoms with Gasteiger partial charge in [0.1, 0.15) is 6.26 Å². The van der Waals surface area contributed by atoms with Gasteiger partial charge in [-0.25, -0.2) is 9.97 Å². The van der Waals surface area contributed by atoms with Crippen molar-refractivity contribution in [1.29, 1.82) is 0 Å². The lowest BCUT2D eigenvalue weighted by Crippen LogP contribution is -2.33. The number of Topliss-reactive ketones (excluding diaryl/α,β-unsaturated/α-hetero) is 1. The highest BCUT2D eigenvalue weighted by molar-refractivity contribution is 5.91.